The molecule has 0 amide bonds. The Morgan fingerprint density at radius 1 is 0.300 bits per heavy atom. The summed E-state index contributed by atoms with van der Waals surface area (Å²) in [4.78, 5) is 2.45. The van der Waals surface area contributed by atoms with Gasteiger partial charge in [0.2, 0.25) is 0 Å². The lowest BCUT2D eigenvalue weighted by Gasteiger charge is -2.35. The lowest BCUT2D eigenvalue weighted by atomic mass is 9.66. The molecule has 0 saturated heterocycles. The van der Waals surface area contributed by atoms with Crippen LogP contribution in [0, 0.1) is 0 Å². The van der Waals surface area contributed by atoms with Gasteiger partial charge in [-0.3, -0.25) is 0 Å². The fraction of sp³-hybridized carbons (Fsp3) is 0.0169. The van der Waals surface area contributed by atoms with Gasteiger partial charge >= 0.3 is 0 Å². The van der Waals surface area contributed by atoms with Crippen molar-refractivity contribution in [1.29, 1.82) is 0 Å². The Bertz CT molecular complexity index is 3050. The molecule has 0 aliphatic heterocycles. The van der Waals surface area contributed by atoms with E-state index in [4.69, 9.17) is 0 Å². The molecule has 0 saturated carbocycles. The summed E-state index contributed by atoms with van der Waals surface area (Å²) in [6, 6.07) is 91.0. The largest absolute Gasteiger partial charge is 0.310 e. The van der Waals surface area contributed by atoms with Crippen molar-refractivity contribution in [2.75, 3.05) is 4.90 Å². The lowest BCUT2D eigenvalue weighted by molar-refractivity contribution is 0.775. The first-order valence-corrected chi connectivity index (χ1v) is 20.8. The monoisotopic (exact) mass is 763 g/mol. The van der Waals surface area contributed by atoms with Crippen molar-refractivity contribution in [2.24, 2.45) is 0 Å². The molecule has 0 aromatic heterocycles. The van der Waals surface area contributed by atoms with E-state index in [1.165, 1.54) is 77.5 Å². The molecule has 0 spiro atoms. The van der Waals surface area contributed by atoms with Gasteiger partial charge in [-0.1, -0.05) is 212 Å². The smallest absolute Gasteiger partial charge is 0.0720 e. The maximum atomic E-state index is 2.48. The summed E-state index contributed by atoms with van der Waals surface area (Å²) in [5, 5.41) is 2.51. The Balaban J connectivity index is 1.17. The Morgan fingerprint density at radius 3 is 1.30 bits per heavy atom. The second-order valence-corrected chi connectivity index (χ2v) is 15.6. The molecular weight excluding hydrogens is 723 g/mol. The van der Waals surface area contributed by atoms with Gasteiger partial charge in [0.1, 0.15) is 0 Å². The highest BCUT2D eigenvalue weighted by molar-refractivity contribution is 6.10. The summed E-state index contributed by atoms with van der Waals surface area (Å²) >= 11 is 0. The van der Waals surface area contributed by atoms with Gasteiger partial charge in [-0.15, -0.1) is 0 Å². The average molecular weight is 764 g/mol. The summed E-state index contributed by atoms with van der Waals surface area (Å²) in [5.74, 6) is 0. The highest BCUT2D eigenvalue weighted by Gasteiger charge is 2.48. The fourth-order valence-electron chi connectivity index (χ4n) is 9.73. The minimum absolute atomic E-state index is 0.587. The maximum Gasteiger partial charge on any atom is 0.0720 e. The van der Waals surface area contributed by atoms with Crippen LogP contribution in [0.4, 0.5) is 17.1 Å². The third kappa shape index (κ3) is 5.78. The molecule has 11 rings (SSSR count). The Morgan fingerprint density at radius 2 is 0.733 bits per heavy atom. The van der Waals surface area contributed by atoms with Gasteiger partial charge in [-0.05, 0) is 108 Å². The van der Waals surface area contributed by atoms with E-state index in [1.807, 2.05) is 0 Å². The topological polar surface area (TPSA) is 3.24 Å². The van der Waals surface area contributed by atoms with Crippen LogP contribution in [0.25, 0.3) is 55.3 Å². The second kappa shape index (κ2) is 14.9. The van der Waals surface area contributed by atoms with E-state index in [2.05, 4.69) is 254 Å². The molecule has 0 unspecified atom stereocenters. The van der Waals surface area contributed by atoms with Gasteiger partial charge in [0, 0.05) is 16.9 Å². The summed E-state index contributed by atoms with van der Waals surface area (Å²) in [6.45, 7) is 0. The number of nitrogens with zero attached hydrogens (tertiary/aromatic N) is 1. The first-order chi connectivity index (χ1) is 29.8. The molecule has 0 heterocycles. The van der Waals surface area contributed by atoms with Crippen LogP contribution in [0.5, 0.6) is 0 Å². The van der Waals surface area contributed by atoms with E-state index in [0.717, 1.165) is 17.1 Å². The third-order valence-corrected chi connectivity index (χ3v) is 12.3. The zero-order chi connectivity index (χ0) is 39.9. The molecule has 1 nitrogen and oxygen atoms in total. The van der Waals surface area contributed by atoms with E-state index in [1.54, 1.807) is 0 Å². The molecule has 60 heavy (non-hydrogen) atoms. The number of benzene rings is 10. The van der Waals surface area contributed by atoms with E-state index in [0.29, 0.717) is 0 Å². The number of para-hydroxylation sites is 1. The molecular formula is C59H41N. The number of rotatable bonds is 8. The molecule has 0 atom stereocenters. The summed E-state index contributed by atoms with van der Waals surface area (Å²) in [6.07, 6.45) is 0. The van der Waals surface area contributed by atoms with Crippen molar-refractivity contribution in [3.05, 3.63) is 271 Å². The number of hydrogen-bond donors (Lipinski definition) is 0. The first-order valence-electron chi connectivity index (χ1n) is 20.8. The molecule has 0 bridgehead atoms. The van der Waals surface area contributed by atoms with Crippen LogP contribution in [0.3, 0.4) is 0 Å². The number of hydrogen-bond acceptors (Lipinski definition) is 1. The highest BCUT2D eigenvalue weighted by atomic mass is 15.1. The second-order valence-electron chi connectivity index (χ2n) is 15.6. The first kappa shape index (κ1) is 35.4. The zero-order valence-electron chi connectivity index (χ0n) is 33.1. The highest BCUT2D eigenvalue weighted by Crippen LogP contribution is 2.62. The quantitative estimate of drug-likeness (QED) is 0.149. The SMILES string of the molecule is c1ccc(-c2ccc(-c3ccc(N(c4ccccc4)c4cccc5c4-c4cc(-c6ccccc6)c6ccccc6c4C5(c4ccccc4)c4ccccc4)cc3)cc2)cc1. The van der Waals surface area contributed by atoms with E-state index < -0.39 is 5.41 Å². The van der Waals surface area contributed by atoms with E-state index in [-0.39, 0.29) is 0 Å². The van der Waals surface area contributed by atoms with Crippen molar-refractivity contribution in [2.45, 2.75) is 5.41 Å². The van der Waals surface area contributed by atoms with E-state index >= 15 is 0 Å². The van der Waals surface area contributed by atoms with Crippen LogP contribution >= 0.6 is 0 Å². The minimum Gasteiger partial charge on any atom is -0.310 e. The standard InChI is InChI=1S/C59H41N/c1-6-19-42(20-7-1)43-33-35-44(36-34-43)45-37-39-50(40-38-45)60(49-27-14-5-15-28-49)56-32-18-31-55-57(56)54-41-53(46-21-8-2-9-22-46)51-29-16-17-30-52(51)58(54)59(55,47-23-10-3-11-24-47)48-25-12-4-13-26-48/h1-41H. The molecule has 282 valence electrons. The van der Waals surface area contributed by atoms with E-state index in [9.17, 15) is 0 Å². The molecule has 0 fully saturated rings. The minimum atomic E-state index is -0.587. The Labute approximate surface area is 352 Å². The van der Waals surface area contributed by atoms with Gasteiger partial charge in [-0.2, -0.15) is 0 Å². The molecule has 10 aromatic carbocycles. The van der Waals surface area contributed by atoms with Gasteiger partial charge in [0.25, 0.3) is 0 Å². The summed E-state index contributed by atoms with van der Waals surface area (Å²) in [7, 11) is 0. The Kier molecular flexibility index (Phi) is 8.79. The van der Waals surface area contributed by atoms with Crippen LogP contribution in [-0.4, -0.2) is 0 Å². The third-order valence-electron chi connectivity index (χ3n) is 12.3. The molecule has 1 aliphatic rings. The summed E-state index contributed by atoms with van der Waals surface area (Å²) in [5.41, 5.74) is 17.6. The van der Waals surface area contributed by atoms with Crippen LogP contribution in [-0.2, 0) is 5.41 Å². The van der Waals surface area contributed by atoms with Crippen molar-refractivity contribution >= 4 is 27.8 Å². The van der Waals surface area contributed by atoms with Gasteiger partial charge in [0.15, 0.2) is 0 Å². The number of fused-ring (bicyclic) bond motifs is 5. The van der Waals surface area contributed by atoms with Crippen molar-refractivity contribution < 1.29 is 0 Å². The van der Waals surface area contributed by atoms with Crippen molar-refractivity contribution in [3.63, 3.8) is 0 Å². The predicted octanol–water partition coefficient (Wildman–Crippen LogP) is 15.7. The van der Waals surface area contributed by atoms with Crippen LogP contribution in [0.15, 0.2) is 249 Å². The zero-order valence-corrected chi connectivity index (χ0v) is 33.1. The van der Waals surface area contributed by atoms with Gasteiger partial charge in [0.05, 0.1) is 11.1 Å². The van der Waals surface area contributed by atoms with Crippen LogP contribution in [0.1, 0.15) is 22.3 Å². The molecule has 1 aliphatic carbocycles. The van der Waals surface area contributed by atoms with Crippen molar-refractivity contribution in [3.8, 4) is 44.5 Å². The molecule has 0 N–H and O–H groups in total. The Hall–Kier alpha value is -7.74. The van der Waals surface area contributed by atoms with Crippen molar-refractivity contribution in [1.82, 2.24) is 0 Å². The van der Waals surface area contributed by atoms with Crippen LogP contribution < -0.4 is 4.90 Å². The molecule has 10 aromatic rings. The normalized spacial score (nSPS) is 12.5. The van der Waals surface area contributed by atoms with Crippen LogP contribution in [0.2, 0.25) is 0 Å². The summed E-state index contributed by atoms with van der Waals surface area (Å²) < 4.78 is 0. The van der Waals surface area contributed by atoms with Gasteiger partial charge in [-0.25, -0.2) is 0 Å². The maximum absolute atomic E-state index is 2.48. The lowest BCUT2D eigenvalue weighted by Crippen LogP contribution is -2.29. The molecule has 0 radical (unpaired) electrons. The fourth-order valence-corrected chi connectivity index (χ4v) is 9.73. The predicted molar refractivity (Wildman–Crippen MR) is 252 cm³/mol. The number of anilines is 3. The van der Waals surface area contributed by atoms with Gasteiger partial charge < -0.3 is 4.90 Å². The molecule has 1 heteroatoms. The average Bonchev–Trinajstić information content (AvgIpc) is 3.65.